The van der Waals surface area contributed by atoms with Crippen LogP contribution < -0.4 is 4.74 Å². The maximum atomic E-state index is 5.33. The molecule has 0 aliphatic rings. The first kappa shape index (κ1) is 15.6. The zero-order valence-electron chi connectivity index (χ0n) is 12.1. The predicted molar refractivity (Wildman–Crippen MR) is 94.3 cm³/mol. The number of halogens is 1. The van der Waals surface area contributed by atoms with Gasteiger partial charge in [-0.15, -0.1) is 0 Å². The fraction of sp³-hybridized carbons (Fsp3) is 0.0667. The molecule has 3 rings (SSSR count). The van der Waals surface area contributed by atoms with Crippen molar-refractivity contribution in [2.75, 3.05) is 7.11 Å². The molecule has 116 valence electrons. The molecule has 0 atom stereocenters. The van der Waals surface area contributed by atoms with Crippen LogP contribution in [0.4, 0.5) is 0 Å². The third-order valence-corrected chi connectivity index (χ3v) is 3.81. The molecule has 0 unspecified atom stereocenters. The van der Waals surface area contributed by atoms with E-state index >= 15 is 0 Å². The minimum atomic E-state index is 0.385. The van der Waals surface area contributed by atoms with Crippen LogP contribution in [0.15, 0.2) is 52.2 Å². The van der Waals surface area contributed by atoms with E-state index in [-0.39, 0.29) is 0 Å². The van der Waals surface area contributed by atoms with Crippen LogP contribution in [0, 0.1) is 4.77 Å². The summed E-state index contributed by atoms with van der Waals surface area (Å²) in [5.41, 5.74) is 1.50. The van der Waals surface area contributed by atoms with E-state index in [0.717, 1.165) is 10.0 Å². The summed E-state index contributed by atoms with van der Waals surface area (Å²) in [4.78, 5) is 4.27. The Morgan fingerprint density at radius 3 is 2.96 bits per heavy atom. The molecule has 1 N–H and O–H groups in total. The first-order valence-electron chi connectivity index (χ1n) is 6.66. The molecule has 0 bridgehead atoms. The minimum absolute atomic E-state index is 0.385. The molecule has 2 heterocycles. The summed E-state index contributed by atoms with van der Waals surface area (Å²) in [6, 6.07) is 11.2. The van der Waals surface area contributed by atoms with Gasteiger partial charge in [-0.3, -0.25) is 4.98 Å². The fourth-order valence-corrected chi connectivity index (χ4v) is 2.54. The van der Waals surface area contributed by atoms with Gasteiger partial charge in [0, 0.05) is 16.2 Å². The highest BCUT2D eigenvalue weighted by molar-refractivity contribution is 9.10. The molecule has 1 aromatic carbocycles. The number of nitrogens with one attached hydrogen (secondary N) is 1. The molecular weight excluding hydrogens is 378 g/mol. The quantitative estimate of drug-likeness (QED) is 0.546. The maximum Gasteiger partial charge on any atom is 0.216 e. The van der Waals surface area contributed by atoms with Crippen molar-refractivity contribution in [2.24, 2.45) is 5.10 Å². The van der Waals surface area contributed by atoms with Crippen LogP contribution in [0.1, 0.15) is 5.56 Å². The summed E-state index contributed by atoms with van der Waals surface area (Å²) in [5, 5.41) is 11.3. The average Bonchev–Trinajstić information content (AvgIpc) is 2.94. The van der Waals surface area contributed by atoms with Crippen LogP contribution in [0.25, 0.3) is 11.5 Å². The molecule has 0 saturated carbocycles. The molecule has 23 heavy (non-hydrogen) atoms. The highest BCUT2D eigenvalue weighted by Crippen LogP contribution is 2.21. The van der Waals surface area contributed by atoms with Crippen molar-refractivity contribution in [1.82, 2.24) is 19.9 Å². The topological polar surface area (TPSA) is 68.1 Å². The Balaban J connectivity index is 2.03. The number of rotatable bonds is 4. The highest BCUT2D eigenvalue weighted by Gasteiger charge is 2.09. The Bertz CT molecular complexity index is 904. The number of hydrogen-bond acceptors (Lipinski definition) is 5. The molecule has 3 aromatic rings. The summed E-state index contributed by atoms with van der Waals surface area (Å²) in [6.45, 7) is 0. The number of aromatic nitrogens is 4. The van der Waals surface area contributed by atoms with Gasteiger partial charge in [0.25, 0.3) is 0 Å². The predicted octanol–water partition coefficient (Wildman–Crippen LogP) is 3.66. The zero-order chi connectivity index (χ0) is 16.2. The van der Waals surface area contributed by atoms with Crippen molar-refractivity contribution in [3.8, 4) is 17.3 Å². The summed E-state index contributed by atoms with van der Waals surface area (Å²) in [6.07, 6.45) is 3.36. The molecule has 0 radical (unpaired) electrons. The standard InChI is InChI=1S/C15H12BrN5OS/c1-22-13-6-5-11(16)8-10(13)9-18-21-14(19-20-15(21)23)12-4-2-3-7-17-12/h2-9H,1H3,(H,20,23)/b18-9-. The van der Waals surface area contributed by atoms with Crippen LogP contribution >= 0.6 is 28.1 Å². The van der Waals surface area contributed by atoms with Crippen LogP contribution in [-0.2, 0) is 0 Å². The first-order valence-corrected chi connectivity index (χ1v) is 7.86. The number of methoxy groups -OCH3 is 1. The number of ether oxygens (including phenoxy) is 1. The van der Waals surface area contributed by atoms with Gasteiger partial charge in [-0.05, 0) is 42.5 Å². The Morgan fingerprint density at radius 2 is 2.22 bits per heavy atom. The van der Waals surface area contributed by atoms with Gasteiger partial charge in [0.05, 0.1) is 13.3 Å². The van der Waals surface area contributed by atoms with E-state index in [9.17, 15) is 0 Å². The van der Waals surface area contributed by atoms with Crippen molar-refractivity contribution in [3.05, 3.63) is 57.4 Å². The zero-order valence-corrected chi connectivity index (χ0v) is 14.5. The van der Waals surface area contributed by atoms with Crippen LogP contribution in [0.2, 0.25) is 0 Å². The Labute approximate surface area is 146 Å². The molecule has 0 spiro atoms. The molecule has 6 nitrogen and oxygen atoms in total. The van der Waals surface area contributed by atoms with Gasteiger partial charge in [-0.1, -0.05) is 22.0 Å². The monoisotopic (exact) mass is 389 g/mol. The van der Waals surface area contributed by atoms with Crippen LogP contribution in [0.3, 0.4) is 0 Å². The van der Waals surface area contributed by atoms with Gasteiger partial charge in [0.2, 0.25) is 10.6 Å². The largest absolute Gasteiger partial charge is 0.496 e. The number of benzene rings is 1. The Hall–Kier alpha value is -2.32. The smallest absolute Gasteiger partial charge is 0.216 e. The second-order valence-electron chi connectivity index (χ2n) is 4.51. The Morgan fingerprint density at radius 1 is 1.35 bits per heavy atom. The molecular formula is C15H12BrN5OS. The van der Waals surface area contributed by atoms with Crippen molar-refractivity contribution < 1.29 is 4.74 Å². The van der Waals surface area contributed by atoms with Crippen LogP contribution in [0.5, 0.6) is 5.75 Å². The average molecular weight is 390 g/mol. The van der Waals surface area contributed by atoms with Crippen LogP contribution in [-0.4, -0.2) is 33.2 Å². The van der Waals surface area contributed by atoms with Gasteiger partial charge in [-0.25, -0.2) is 5.10 Å². The maximum absolute atomic E-state index is 5.33. The van der Waals surface area contributed by atoms with Crippen molar-refractivity contribution in [2.45, 2.75) is 0 Å². The van der Waals surface area contributed by atoms with E-state index in [0.29, 0.717) is 22.0 Å². The number of pyridine rings is 1. The first-order chi connectivity index (χ1) is 11.2. The molecule has 2 aromatic heterocycles. The van der Waals surface area contributed by atoms with Crippen molar-refractivity contribution >= 4 is 34.4 Å². The summed E-state index contributed by atoms with van der Waals surface area (Å²) < 4.78 is 8.17. The number of hydrogen-bond donors (Lipinski definition) is 1. The molecule has 0 aliphatic carbocycles. The summed E-state index contributed by atoms with van der Waals surface area (Å²) >= 11 is 8.67. The van der Waals surface area contributed by atoms with Gasteiger partial charge in [-0.2, -0.15) is 14.9 Å². The lowest BCUT2D eigenvalue weighted by Gasteiger charge is -2.05. The van der Waals surface area contributed by atoms with E-state index in [1.54, 1.807) is 19.5 Å². The van der Waals surface area contributed by atoms with Crippen molar-refractivity contribution in [3.63, 3.8) is 0 Å². The third kappa shape index (κ3) is 3.38. The molecule has 0 amide bonds. The lowest BCUT2D eigenvalue weighted by Crippen LogP contribution is -1.97. The molecule has 0 fully saturated rings. The van der Waals surface area contributed by atoms with Gasteiger partial charge in [0.15, 0.2) is 0 Å². The van der Waals surface area contributed by atoms with E-state index in [1.807, 2.05) is 36.4 Å². The fourth-order valence-electron chi connectivity index (χ4n) is 1.99. The molecule has 8 heteroatoms. The summed E-state index contributed by atoms with van der Waals surface area (Å²) in [7, 11) is 1.61. The van der Waals surface area contributed by atoms with Gasteiger partial charge >= 0.3 is 0 Å². The van der Waals surface area contributed by atoms with E-state index < -0.39 is 0 Å². The normalized spacial score (nSPS) is 11.0. The molecule has 0 aliphatic heterocycles. The van der Waals surface area contributed by atoms with Gasteiger partial charge in [0.1, 0.15) is 11.4 Å². The van der Waals surface area contributed by atoms with E-state index in [2.05, 4.69) is 36.2 Å². The number of H-pyrrole nitrogens is 1. The SMILES string of the molecule is COc1ccc(Br)cc1/C=N\n1c(-c2ccccn2)n[nH]c1=S. The second kappa shape index (κ2) is 6.84. The molecule has 0 saturated heterocycles. The summed E-state index contributed by atoms with van der Waals surface area (Å²) in [5.74, 6) is 1.26. The lowest BCUT2D eigenvalue weighted by molar-refractivity contribution is 0.414. The second-order valence-corrected chi connectivity index (χ2v) is 5.81. The lowest BCUT2D eigenvalue weighted by atomic mass is 10.2. The van der Waals surface area contributed by atoms with E-state index in [4.69, 9.17) is 17.0 Å². The number of aromatic amines is 1. The highest BCUT2D eigenvalue weighted by atomic mass is 79.9. The minimum Gasteiger partial charge on any atom is -0.496 e. The number of nitrogens with zero attached hydrogens (tertiary/aromatic N) is 4. The Kier molecular flexibility index (Phi) is 4.63. The van der Waals surface area contributed by atoms with E-state index in [1.165, 1.54) is 4.68 Å². The van der Waals surface area contributed by atoms with Crippen molar-refractivity contribution in [1.29, 1.82) is 0 Å². The third-order valence-electron chi connectivity index (χ3n) is 3.05. The van der Waals surface area contributed by atoms with Gasteiger partial charge < -0.3 is 4.74 Å².